The molecular weight excluding hydrogens is 327 g/mol. The van der Waals surface area contributed by atoms with Gasteiger partial charge in [0.1, 0.15) is 11.7 Å². The van der Waals surface area contributed by atoms with E-state index >= 15 is 0 Å². The molecule has 0 bridgehead atoms. The van der Waals surface area contributed by atoms with Crippen LogP contribution in [0, 0.1) is 0 Å². The highest BCUT2D eigenvalue weighted by molar-refractivity contribution is 6.48. The largest absolute Gasteiger partial charge is 0.467 e. The van der Waals surface area contributed by atoms with Crippen molar-refractivity contribution >= 4 is 46.7 Å². The van der Waals surface area contributed by atoms with Crippen LogP contribution in [0.5, 0.6) is 0 Å². The fourth-order valence-electron chi connectivity index (χ4n) is 2.12. The second-order valence-corrected chi connectivity index (χ2v) is 5.43. The van der Waals surface area contributed by atoms with E-state index in [2.05, 4.69) is 4.98 Å². The van der Waals surface area contributed by atoms with Crippen molar-refractivity contribution in [1.29, 1.82) is 0 Å². The minimum Gasteiger partial charge on any atom is -0.467 e. The van der Waals surface area contributed by atoms with Gasteiger partial charge in [-0.15, -0.1) is 0 Å². The predicted molar refractivity (Wildman–Crippen MR) is 75.3 cm³/mol. The molecule has 1 amide bonds. The third-order valence-electron chi connectivity index (χ3n) is 3.11. The lowest BCUT2D eigenvalue weighted by molar-refractivity contribution is -0.145. The second-order valence-electron chi connectivity index (χ2n) is 4.26. The number of hydrogen-bond donors (Lipinski definition) is 0. The van der Waals surface area contributed by atoms with E-state index in [-0.39, 0.29) is 20.8 Å². The fraction of sp³-hybridized carbons (Fsp3) is 0.417. The molecule has 108 valence electrons. The first-order valence-corrected chi connectivity index (χ1v) is 6.99. The summed E-state index contributed by atoms with van der Waals surface area (Å²) in [5.74, 6) is -0.909. The summed E-state index contributed by atoms with van der Waals surface area (Å²) in [5, 5.41) is 0.222. The molecule has 0 aromatic carbocycles. The topological polar surface area (TPSA) is 59.5 Å². The van der Waals surface area contributed by atoms with Gasteiger partial charge in [-0.3, -0.25) is 4.79 Å². The molecule has 5 nitrogen and oxygen atoms in total. The first-order chi connectivity index (χ1) is 9.47. The zero-order valence-electron chi connectivity index (χ0n) is 10.5. The van der Waals surface area contributed by atoms with Gasteiger partial charge in [0.25, 0.3) is 5.91 Å². The van der Waals surface area contributed by atoms with E-state index in [0.29, 0.717) is 19.4 Å². The molecule has 1 atom stereocenters. The van der Waals surface area contributed by atoms with Crippen LogP contribution in [0.1, 0.15) is 23.3 Å². The van der Waals surface area contributed by atoms with Gasteiger partial charge < -0.3 is 9.64 Å². The number of nitrogens with zero attached hydrogens (tertiary/aromatic N) is 2. The Morgan fingerprint density at radius 1 is 1.35 bits per heavy atom. The lowest BCUT2D eigenvalue weighted by Crippen LogP contribution is -2.41. The molecule has 2 heterocycles. The van der Waals surface area contributed by atoms with Crippen LogP contribution in [-0.2, 0) is 9.53 Å². The van der Waals surface area contributed by atoms with Crippen LogP contribution < -0.4 is 0 Å². The highest BCUT2D eigenvalue weighted by atomic mass is 35.5. The van der Waals surface area contributed by atoms with Gasteiger partial charge >= 0.3 is 5.97 Å². The van der Waals surface area contributed by atoms with Crippen molar-refractivity contribution in [2.24, 2.45) is 0 Å². The van der Waals surface area contributed by atoms with E-state index in [0.717, 1.165) is 0 Å². The number of aromatic nitrogens is 1. The number of rotatable bonds is 2. The Morgan fingerprint density at radius 3 is 2.70 bits per heavy atom. The molecule has 1 aliphatic rings. The van der Waals surface area contributed by atoms with E-state index in [4.69, 9.17) is 39.5 Å². The van der Waals surface area contributed by atoms with Crippen molar-refractivity contribution in [1.82, 2.24) is 9.88 Å². The second kappa shape index (κ2) is 6.16. The van der Waals surface area contributed by atoms with E-state index in [1.165, 1.54) is 18.2 Å². The Morgan fingerprint density at radius 2 is 2.05 bits per heavy atom. The number of esters is 1. The number of halogens is 3. The maximum absolute atomic E-state index is 12.4. The molecular formula is C12H11Cl3N2O3. The minimum atomic E-state index is -0.611. The lowest BCUT2D eigenvalue weighted by atomic mass is 10.2. The summed E-state index contributed by atoms with van der Waals surface area (Å²) >= 11 is 17.7. The first kappa shape index (κ1) is 15.4. The quantitative estimate of drug-likeness (QED) is 0.779. The van der Waals surface area contributed by atoms with E-state index in [1.54, 1.807) is 0 Å². The van der Waals surface area contributed by atoms with Crippen molar-refractivity contribution < 1.29 is 14.3 Å². The lowest BCUT2D eigenvalue weighted by Gasteiger charge is -2.22. The SMILES string of the molecule is COC(=O)C1CCCN1C(=O)c1ncc(Cl)c(Cl)c1Cl. The number of likely N-dealkylation sites (tertiary alicyclic amines) is 1. The Bertz CT molecular complexity index is 565. The molecule has 0 aliphatic carbocycles. The Kier molecular flexibility index (Phi) is 4.73. The maximum Gasteiger partial charge on any atom is 0.328 e. The predicted octanol–water partition coefficient (Wildman–Crippen LogP) is 2.82. The van der Waals surface area contributed by atoms with Gasteiger partial charge in [-0.1, -0.05) is 34.8 Å². The molecule has 8 heteroatoms. The Balaban J connectivity index is 2.32. The van der Waals surface area contributed by atoms with Crippen LogP contribution in [0.2, 0.25) is 15.1 Å². The normalized spacial score (nSPS) is 18.2. The summed E-state index contributed by atoms with van der Waals surface area (Å²) < 4.78 is 4.69. The highest BCUT2D eigenvalue weighted by Crippen LogP contribution is 2.32. The van der Waals surface area contributed by atoms with Gasteiger partial charge in [0, 0.05) is 12.7 Å². The van der Waals surface area contributed by atoms with Gasteiger partial charge in [-0.2, -0.15) is 0 Å². The molecule has 0 radical (unpaired) electrons. The maximum atomic E-state index is 12.4. The first-order valence-electron chi connectivity index (χ1n) is 5.85. The molecule has 1 aliphatic heterocycles. The molecule has 2 rings (SSSR count). The number of ether oxygens (including phenoxy) is 1. The van der Waals surface area contributed by atoms with Crippen molar-refractivity contribution in [3.05, 3.63) is 27.0 Å². The smallest absolute Gasteiger partial charge is 0.328 e. The van der Waals surface area contributed by atoms with Crippen LogP contribution in [0.4, 0.5) is 0 Å². The summed E-state index contributed by atoms with van der Waals surface area (Å²) in [6, 6.07) is -0.611. The third kappa shape index (κ3) is 2.71. The van der Waals surface area contributed by atoms with Crippen LogP contribution >= 0.6 is 34.8 Å². The average molecular weight is 338 g/mol. The van der Waals surface area contributed by atoms with Crippen molar-refractivity contribution in [2.75, 3.05) is 13.7 Å². The highest BCUT2D eigenvalue weighted by Gasteiger charge is 2.36. The van der Waals surface area contributed by atoms with Crippen LogP contribution in [0.25, 0.3) is 0 Å². The number of pyridine rings is 1. The average Bonchev–Trinajstić information content (AvgIpc) is 2.93. The summed E-state index contributed by atoms with van der Waals surface area (Å²) in [7, 11) is 1.29. The van der Waals surface area contributed by atoms with Crippen molar-refractivity contribution in [2.45, 2.75) is 18.9 Å². The summed E-state index contributed by atoms with van der Waals surface area (Å²) in [6.07, 6.45) is 2.52. The van der Waals surface area contributed by atoms with Gasteiger partial charge in [-0.05, 0) is 12.8 Å². The summed E-state index contributed by atoms with van der Waals surface area (Å²) in [6.45, 7) is 0.441. The molecule has 1 unspecified atom stereocenters. The molecule has 1 saturated heterocycles. The van der Waals surface area contributed by atoms with E-state index in [1.807, 2.05) is 0 Å². The summed E-state index contributed by atoms with van der Waals surface area (Å²) in [5.41, 5.74) is -0.0168. The molecule has 20 heavy (non-hydrogen) atoms. The van der Waals surface area contributed by atoms with Crippen LogP contribution in [0.3, 0.4) is 0 Å². The summed E-state index contributed by atoms with van der Waals surface area (Å²) in [4.78, 5) is 29.4. The third-order valence-corrected chi connectivity index (χ3v) is 4.35. The number of carbonyl (C=O) groups is 2. The molecule has 1 aromatic heterocycles. The Hall–Kier alpha value is -1.04. The monoisotopic (exact) mass is 336 g/mol. The number of methoxy groups -OCH3 is 1. The standard InChI is InChI=1S/C12H11Cl3N2O3/c1-20-12(19)7-3-2-4-17(7)11(18)10-9(15)8(14)6(13)5-16-10/h5,7H,2-4H2,1H3. The number of amides is 1. The van der Waals surface area contributed by atoms with Gasteiger partial charge in [0.15, 0.2) is 0 Å². The number of hydrogen-bond acceptors (Lipinski definition) is 4. The van der Waals surface area contributed by atoms with E-state index in [9.17, 15) is 9.59 Å². The van der Waals surface area contributed by atoms with Gasteiger partial charge in [-0.25, -0.2) is 9.78 Å². The molecule has 1 aromatic rings. The van der Waals surface area contributed by atoms with Crippen LogP contribution in [0.15, 0.2) is 6.20 Å². The zero-order chi connectivity index (χ0) is 14.9. The zero-order valence-corrected chi connectivity index (χ0v) is 12.8. The van der Waals surface area contributed by atoms with E-state index < -0.39 is 17.9 Å². The molecule has 0 saturated carbocycles. The van der Waals surface area contributed by atoms with Crippen LogP contribution in [-0.4, -0.2) is 41.5 Å². The van der Waals surface area contributed by atoms with Gasteiger partial charge in [0.2, 0.25) is 0 Å². The molecule has 0 spiro atoms. The van der Waals surface area contributed by atoms with Gasteiger partial charge in [0.05, 0.1) is 22.2 Å². The van der Waals surface area contributed by atoms with Crippen molar-refractivity contribution in [3.63, 3.8) is 0 Å². The minimum absolute atomic E-state index is 0.0142. The Labute approximate surface area is 130 Å². The molecule has 1 fully saturated rings. The van der Waals surface area contributed by atoms with Crippen molar-refractivity contribution in [3.8, 4) is 0 Å². The number of carbonyl (C=O) groups excluding carboxylic acids is 2. The molecule has 0 N–H and O–H groups in total. The fourth-order valence-corrected chi connectivity index (χ4v) is 2.68.